The molecule has 4 N–H and O–H groups in total. The molecule has 0 amide bonds. The Kier molecular flexibility index (Phi) is 4.60. The number of anilines is 1. The van der Waals surface area contributed by atoms with Gasteiger partial charge in [-0.05, 0) is 48.7 Å². The van der Waals surface area contributed by atoms with Gasteiger partial charge in [0.1, 0.15) is 5.75 Å². The standard InChI is InChI=1S/C16H19N3O/c1-12-4-2-6-14(10-12)19-16(17)18-9-8-13-5-3-7-15(20)11-13/h2-7,10-11,20H,8-9H2,1H3,(H3,17,18,19). The fourth-order valence-corrected chi connectivity index (χ4v) is 1.93. The van der Waals surface area contributed by atoms with E-state index < -0.39 is 0 Å². The molecule has 0 unspecified atom stereocenters. The summed E-state index contributed by atoms with van der Waals surface area (Å²) >= 11 is 0. The summed E-state index contributed by atoms with van der Waals surface area (Å²) in [6, 6.07) is 15.1. The molecule has 0 radical (unpaired) electrons. The SMILES string of the molecule is Cc1cccc(NC(N)=NCCc2cccc(O)c2)c1. The van der Waals surface area contributed by atoms with Gasteiger partial charge >= 0.3 is 0 Å². The Labute approximate surface area is 119 Å². The quantitative estimate of drug-likeness (QED) is 0.590. The van der Waals surface area contributed by atoms with E-state index >= 15 is 0 Å². The fraction of sp³-hybridized carbons (Fsp3) is 0.188. The molecule has 0 saturated heterocycles. The molecule has 0 atom stereocenters. The molecule has 0 fully saturated rings. The summed E-state index contributed by atoms with van der Waals surface area (Å²) in [4.78, 5) is 4.28. The molecule has 4 heteroatoms. The molecule has 0 aliphatic rings. The molecule has 0 bridgehead atoms. The molecular weight excluding hydrogens is 250 g/mol. The number of hydrogen-bond donors (Lipinski definition) is 3. The van der Waals surface area contributed by atoms with E-state index in [2.05, 4.69) is 10.3 Å². The Bertz CT molecular complexity index is 608. The van der Waals surface area contributed by atoms with Crippen molar-refractivity contribution in [1.29, 1.82) is 0 Å². The van der Waals surface area contributed by atoms with E-state index in [-0.39, 0.29) is 5.75 Å². The highest BCUT2D eigenvalue weighted by atomic mass is 16.3. The normalized spacial score (nSPS) is 11.3. The number of hydrogen-bond acceptors (Lipinski definition) is 2. The van der Waals surface area contributed by atoms with Crippen LogP contribution in [0, 0.1) is 6.92 Å². The zero-order valence-electron chi connectivity index (χ0n) is 11.5. The van der Waals surface area contributed by atoms with Crippen molar-refractivity contribution < 1.29 is 5.11 Å². The van der Waals surface area contributed by atoms with Gasteiger partial charge in [-0.3, -0.25) is 4.99 Å². The van der Waals surface area contributed by atoms with E-state index in [4.69, 9.17) is 5.73 Å². The van der Waals surface area contributed by atoms with Gasteiger partial charge in [-0.25, -0.2) is 0 Å². The minimum atomic E-state index is 0.275. The molecule has 104 valence electrons. The third-order valence-electron chi connectivity index (χ3n) is 2.88. The lowest BCUT2D eigenvalue weighted by molar-refractivity contribution is 0.474. The molecule has 0 saturated carbocycles. The number of phenolic OH excluding ortho intramolecular Hbond substituents is 1. The molecule has 0 heterocycles. The van der Waals surface area contributed by atoms with E-state index in [9.17, 15) is 5.11 Å². The number of nitrogens with one attached hydrogen (secondary N) is 1. The second kappa shape index (κ2) is 6.61. The Morgan fingerprint density at radius 1 is 1.20 bits per heavy atom. The third-order valence-corrected chi connectivity index (χ3v) is 2.88. The molecule has 4 nitrogen and oxygen atoms in total. The van der Waals surface area contributed by atoms with Gasteiger partial charge in [-0.1, -0.05) is 24.3 Å². The van der Waals surface area contributed by atoms with Crippen LogP contribution < -0.4 is 11.1 Å². The average molecular weight is 269 g/mol. The van der Waals surface area contributed by atoms with Crippen molar-refractivity contribution in [3.8, 4) is 5.75 Å². The number of aryl methyl sites for hydroxylation is 1. The zero-order chi connectivity index (χ0) is 14.4. The van der Waals surface area contributed by atoms with Gasteiger partial charge in [0.05, 0.1) is 0 Å². The van der Waals surface area contributed by atoms with Gasteiger partial charge in [0.2, 0.25) is 0 Å². The van der Waals surface area contributed by atoms with Gasteiger partial charge < -0.3 is 16.2 Å². The van der Waals surface area contributed by atoms with Crippen LogP contribution in [0.15, 0.2) is 53.5 Å². The first-order chi connectivity index (χ1) is 9.63. The Morgan fingerprint density at radius 2 is 2.00 bits per heavy atom. The highest BCUT2D eigenvalue weighted by molar-refractivity contribution is 5.92. The average Bonchev–Trinajstić information content (AvgIpc) is 2.38. The monoisotopic (exact) mass is 269 g/mol. The number of phenols is 1. The summed E-state index contributed by atoms with van der Waals surface area (Å²) < 4.78 is 0. The van der Waals surface area contributed by atoms with E-state index in [1.54, 1.807) is 12.1 Å². The van der Waals surface area contributed by atoms with Gasteiger partial charge in [-0.15, -0.1) is 0 Å². The Balaban J connectivity index is 1.88. The van der Waals surface area contributed by atoms with Crippen molar-refractivity contribution in [3.05, 3.63) is 59.7 Å². The summed E-state index contributed by atoms with van der Waals surface area (Å²) in [5.74, 6) is 0.674. The van der Waals surface area contributed by atoms with Crippen LogP contribution in [0.2, 0.25) is 0 Å². The maximum absolute atomic E-state index is 9.37. The zero-order valence-corrected chi connectivity index (χ0v) is 11.5. The Hall–Kier alpha value is -2.49. The first-order valence-corrected chi connectivity index (χ1v) is 6.55. The molecule has 0 spiro atoms. The second-order valence-corrected chi connectivity index (χ2v) is 4.68. The predicted molar refractivity (Wildman–Crippen MR) is 83.1 cm³/mol. The number of aliphatic imine (C=N–C) groups is 1. The summed E-state index contributed by atoms with van der Waals surface area (Å²) in [5.41, 5.74) is 8.98. The van der Waals surface area contributed by atoms with E-state index in [1.807, 2.05) is 43.3 Å². The highest BCUT2D eigenvalue weighted by Gasteiger charge is 1.97. The van der Waals surface area contributed by atoms with Crippen LogP contribution in [-0.2, 0) is 6.42 Å². The predicted octanol–water partition coefficient (Wildman–Crippen LogP) is 2.67. The lowest BCUT2D eigenvalue weighted by Gasteiger charge is -2.06. The lowest BCUT2D eigenvalue weighted by atomic mass is 10.1. The van der Waals surface area contributed by atoms with Crippen LogP contribution in [0.4, 0.5) is 5.69 Å². The summed E-state index contributed by atoms with van der Waals surface area (Å²) in [6.45, 7) is 2.61. The molecule has 20 heavy (non-hydrogen) atoms. The van der Waals surface area contributed by atoms with Crippen LogP contribution in [0.5, 0.6) is 5.75 Å². The highest BCUT2D eigenvalue weighted by Crippen LogP contribution is 2.11. The molecule has 0 aliphatic heterocycles. The molecule has 2 aromatic rings. The van der Waals surface area contributed by atoms with Gasteiger partial charge in [0, 0.05) is 12.2 Å². The van der Waals surface area contributed by atoms with Gasteiger partial charge in [0.25, 0.3) is 0 Å². The molecule has 2 aromatic carbocycles. The molecule has 2 rings (SSSR count). The molecule has 0 aliphatic carbocycles. The first kappa shape index (κ1) is 13.9. The maximum Gasteiger partial charge on any atom is 0.193 e. The third kappa shape index (κ3) is 4.31. The number of nitrogens with zero attached hydrogens (tertiary/aromatic N) is 1. The van der Waals surface area contributed by atoms with E-state index in [0.29, 0.717) is 12.5 Å². The van der Waals surface area contributed by atoms with Crippen molar-refractivity contribution in [2.24, 2.45) is 10.7 Å². The lowest BCUT2D eigenvalue weighted by Crippen LogP contribution is -2.23. The van der Waals surface area contributed by atoms with E-state index in [0.717, 1.165) is 17.7 Å². The number of nitrogens with two attached hydrogens (primary N) is 1. The largest absolute Gasteiger partial charge is 0.508 e. The summed E-state index contributed by atoms with van der Waals surface area (Å²) in [6.07, 6.45) is 0.741. The van der Waals surface area contributed by atoms with Crippen molar-refractivity contribution in [1.82, 2.24) is 0 Å². The number of benzene rings is 2. The van der Waals surface area contributed by atoms with Crippen molar-refractivity contribution in [2.75, 3.05) is 11.9 Å². The van der Waals surface area contributed by atoms with Crippen LogP contribution in [-0.4, -0.2) is 17.6 Å². The summed E-state index contributed by atoms with van der Waals surface area (Å²) in [5, 5.41) is 12.4. The Morgan fingerprint density at radius 3 is 2.75 bits per heavy atom. The molecular formula is C16H19N3O. The summed E-state index contributed by atoms with van der Waals surface area (Å²) in [7, 11) is 0. The van der Waals surface area contributed by atoms with E-state index in [1.165, 1.54) is 5.56 Å². The van der Waals surface area contributed by atoms with Crippen molar-refractivity contribution in [2.45, 2.75) is 13.3 Å². The van der Waals surface area contributed by atoms with Crippen molar-refractivity contribution in [3.63, 3.8) is 0 Å². The van der Waals surface area contributed by atoms with Crippen LogP contribution in [0.1, 0.15) is 11.1 Å². The minimum Gasteiger partial charge on any atom is -0.508 e. The maximum atomic E-state index is 9.37. The topological polar surface area (TPSA) is 70.6 Å². The van der Waals surface area contributed by atoms with Gasteiger partial charge in [0.15, 0.2) is 5.96 Å². The number of aromatic hydroxyl groups is 1. The van der Waals surface area contributed by atoms with Gasteiger partial charge in [-0.2, -0.15) is 0 Å². The number of guanidine groups is 1. The first-order valence-electron chi connectivity index (χ1n) is 6.55. The molecule has 0 aromatic heterocycles. The minimum absolute atomic E-state index is 0.275. The smallest absolute Gasteiger partial charge is 0.193 e. The van der Waals surface area contributed by atoms with Crippen LogP contribution in [0.25, 0.3) is 0 Å². The fourth-order valence-electron chi connectivity index (χ4n) is 1.93. The second-order valence-electron chi connectivity index (χ2n) is 4.68. The number of rotatable bonds is 4. The van der Waals surface area contributed by atoms with Crippen LogP contribution in [0.3, 0.4) is 0 Å². The van der Waals surface area contributed by atoms with Crippen molar-refractivity contribution >= 4 is 11.6 Å². The van der Waals surface area contributed by atoms with Crippen LogP contribution >= 0.6 is 0 Å².